The van der Waals surface area contributed by atoms with Crippen LogP contribution >= 0.6 is 0 Å². The van der Waals surface area contributed by atoms with Gasteiger partial charge in [0, 0.05) is 37.0 Å². The molecule has 2 amide bonds. The topological polar surface area (TPSA) is 76.3 Å². The lowest BCUT2D eigenvalue weighted by Gasteiger charge is -2.12. The van der Waals surface area contributed by atoms with Gasteiger partial charge in [-0.05, 0) is 42.3 Å². The Morgan fingerprint density at radius 1 is 1.00 bits per heavy atom. The third-order valence-electron chi connectivity index (χ3n) is 4.98. The molecule has 0 atom stereocenters. The van der Waals surface area contributed by atoms with Crippen molar-refractivity contribution in [2.24, 2.45) is 0 Å². The van der Waals surface area contributed by atoms with Crippen molar-refractivity contribution in [1.29, 1.82) is 0 Å². The number of aromatic nitrogens is 1. The molecule has 0 fully saturated rings. The zero-order valence-electron chi connectivity index (χ0n) is 16.2. The van der Waals surface area contributed by atoms with Crippen molar-refractivity contribution in [2.75, 3.05) is 12.4 Å². The molecule has 2 N–H and O–H groups in total. The average Bonchev–Trinajstić information content (AvgIpc) is 3.32. The van der Waals surface area contributed by atoms with Gasteiger partial charge in [0.2, 0.25) is 0 Å². The fraction of sp³-hybridized carbons (Fsp3) is 0.130. The second-order valence-corrected chi connectivity index (χ2v) is 6.82. The predicted molar refractivity (Wildman–Crippen MR) is 112 cm³/mol. The normalized spacial score (nSPS) is 10.8. The highest BCUT2D eigenvalue weighted by Gasteiger charge is 2.18. The molecule has 0 radical (unpaired) electrons. The van der Waals surface area contributed by atoms with Crippen LogP contribution < -0.4 is 10.6 Å². The zero-order chi connectivity index (χ0) is 20.4. The first-order valence-electron chi connectivity index (χ1n) is 9.31. The maximum Gasteiger partial charge on any atom is 0.272 e. The lowest BCUT2D eigenvalue weighted by molar-refractivity contribution is 0.0962. The highest BCUT2D eigenvalue weighted by molar-refractivity contribution is 6.06. The molecule has 0 aliphatic heterocycles. The maximum atomic E-state index is 13.0. The number of aryl methyl sites for hydroxylation is 1. The number of hydrogen-bond donors (Lipinski definition) is 2. The van der Waals surface area contributed by atoms with E-state index in [1.165, 1.54) is 0 Å². The lowest BCUT2D eigenvalue weighted by atomic mass is 10.1. The van der Waals surface area contributed by atoms with Gasteiger partial charge in [-0.2, -0.15) is 0 Å². The number of carbonyl (C=O) groups is 2. The van der Waals surface area contributed by atoms with E-state index >= 15 is 0 Å². The highest BCUT2D eigenvalue weighted by Crippen LogP contribution is 2.24. The molecule has 0 aliphatic carbocycles. The minimum atomic E-state index is -0.238. The summed E-state index contributed by atoms with van der Waals surface area (Å²) in [5.41, 5.74) is 5.49. The number of nitrogens with zero attached hydrogens (tertiary/aromatic N) is 1. The van der Waals surface area contributed by atoms with Gasteiger partial charge in [-0.15, -0.1) is 0 Å². The van der Waals surface area contributed by atoms with Gasteiger partial charge in [-0.25, -0.2) is 0 Å². The van der Waals surface area contributed by atoms with Crippen LogP contribution in [0, 0.1) is 6.92 Å². The molecule has 0 saturated carbocycles. The molecular formula is C23H21N3O3. The third kappa shape index (κ3) is 3.65. The summed E-state index contributed by atoms with van der Waals surface area (Å²) < 4.78 is 7.47. The summed E-state index contributed by atoms with van der Waals surface area (Å²) in [7, 11) is 1.58. The molecule has 146 valence electrons. The van der Waals surface area contributed by atoms with Crippen LogP contribution in [-0.4, -0.2) is 23.4 Å². The Morgan fingerprint density at radius 3 is 2.48 bits per heavy atom. The van der Waals surface area contributed by atoms with Crippen molar-refractivity contribution < 1.29 is 14.0 Å². The predicted octanol–water partition coefficient (Wildman–Crippen LogP) is 4.20. The van der Waals surface area contributed by atoms with Gasteiger partial charge in [0.15, 0.2) is 5.58 Å². The van der Waals surface area contributed by atoms with Crippen LogP contribution in [-0.2, 0) is 6.54 Å². The molecule has 0 spiro atoms. The van der Waals surface area contributed by atoms with Crippen LogP contribution in [0.1, 0.15) is 32.0 Å². The standard InChI is InChI=1S/C23H21N3O3/c1-15-5-3-4-6-17(15)14-26-19-11-12-29-21(19)13-20(26)23(28)25-18-9-7-16(8-10-18)22(27)24-2/h3-13H,14H2,1-2H3,(H,24,27)(H,25,28). The van der Waals surface area contributed by atoms with Gasteiger partial charge in [0.25, 0.3) is 11.8 Å². The molecule has 0 bridgehead atoms. The van der Waals surface area contributed by atoms with E-state index in [4.69, 9.17) is 4.42 Å². The fourth-order valence-corrected chi connectivity index (χ4v) is 3.34. The van der Waals surface area contributed by atoms with E-state index < -0.39 is 0 Å². The number of nitrogens with one attached hydrogen (secondary N) is 2. The SMILES string of the molecule is CNC(=O)c1ccc(NC(=O)c2cc3occc3n2Cc2ccccc2C)cc1. The van der Waals surface area contributed by atoms with Gasteiger partial charge in [0.05, 0.1) is 11.8 Å². The van der Waals surface area contributed by atoms with Crippen molar-refractivity contribution >= 4 is 28.6 Å². The lowest BCUT2D eigenvalue weighted by Crippen LogP contribution is -2.19. The van der Waals surface area contributed by atoms with Crippen LogP contribution in [0.2, 0.25) is 0 Å². The number of hydrogen-bond acceptors (Lipinski definition) is 3. The number of carbonyl (C=O) groups excluding carboxylic acids is 2. The van der Waals surface area contributed by atoms with E-state index in [9.17, 15) is 9.59 Å². The Kier molecular flexibility index (Phi) is 4.91. The quantitative estimate of drug-likeness (QED) is 0.539. The molecule has 6 nitrogen and oxygen atoms in total. The maximum absolute atomic E-state index is 13.0. The van der Waals surface area contributed by atoms with Gasteiger partial charge >= 0.3 is 0 Å². The highest BCUT2D eigenvalue weighted by atomic mass is 16.3. The second-order valence-electron chi connectivity index (χ2n) is 6.82. The summed E-state index contributed by atoms with van der Waals surface area (Å²) in [6.45, 7) is 2.62. The zero-order valence-corrected chi connectivity index (χ0v) is 16.2. The van der Waals surface area contributed by atoms with E-state index in [1.54, 1.807) is 43.6 Å². The fourth-order valence-electron chi connectivity index (χ4n) is 3.34. The van der Waals surface area contributed by atoms with Crippen molar-refractivity contribution in [1.82, 2.24) is 9.88 Å². The van der Waals surface area contributed by atoms with Crippen molar-refractivity contribution in [2.45, 2.75) is 13.5 Å². The minimum absolute atomic E-state index is 0.171. The van der Waals surface area contributed by atoms with Gasteiger partial charge in [-0.1, -0.05) is 24.3 Å². The largest absolute Gasteiger partial charge is 0.463 e. The monoisotopic (exact) mass is 387 g/mol. The molecule has 4 rings (SSSR count). The first kappa shape index (κ1) is 18.6. The molecule has 0 unspecified atom stereocenters. The Bertz CT molecular complexity index is 1190. The number of amides is 2. The molecule has 29 heavy (non-hydrogen) atoms. The second kappa shape index (κ2) is 7.67. The molecule has 2 aromatic heterocycles. The van der Waals surface area contributed by atoms with Gasteiger partial charge < -0.3 is 19.6 Å². The Hall–Kier alpha value is -3.80. The van der Waals surface area contributed by atoms with Crippen molar-refractivity contribution in [3.8, 4) is 0 Å². The molecular weight excluding hydrogens is 366 g/mol. The number of fused-ring (bicyclic) bond motifs is 1. The summed E-state index contributed by atoms with van der Waals surface area (Å²) in [5, 5.41) is 5.48. The van der Waals surface area contributed by atoms with E-state index in [1.807, 2.05) is 22.8 Å². The van der Waals surface area contributed by atoms with Crippen molar-refractivity contribution in [3.05, 3.63) is 89.3 Å². The van der Waals surface area contributed by atoms with Gasteiger partial charge in [-0.3, -0.25) is 9.59 Å². The summed E-state index contributed by atoms with van der Waals surface area (Å²) in [6.07, 6.45) is 1.62. The number of furan rings is 1. The molecule has 0 saturated heterocycles. The van der Waals surface area contributed by atoms with E-state index in [2.05, 4.69) is 29.7 Å². The van der Waals surface area contributed by atoms with Crippen LogP contribution in [0.4, 0.5) is 5.69 Å². The van der Waals surface area contributed by atoms with E-state index in [0.717, 1.165) is 16.6 Å². The Balaban J connectivity index is 1.63. The first-order valence-corrected chi connectivity index (χ1v) is 9.31. The van der Waals surface area contributed by atoms with E-state index in [0.29, 0.717) is 29.1 Å². The number of benzene rings is 2. The molecule has 0 aliphatic rings. The Morgan fingerprint density at radius 2 is 1.76 bits per heavy atom. The third-order valence-corrected chi connectivity index (χ3v) is 4.98. The molecule has 2 aromatic carbocycles. The molecule has 2 heterocycles. The summed E-state index contributed by atoms with van der Waals surface area (Å²) in [6, 6.07) is 18.5. The summed E-state index contributed by atoms with van der Waals surface area (Å²) >= 11 is 0. The first-order chi connectivity index (χ1) is 14.1. The molecule has 6 heteroatoms. The molecule has 4 aromatic rings. The van der Waals surface area contributed by atoms with Crippen LogP contribution in [0.15, 0.2) is 71.3 Å². The number of rotatable bonds is 5. The van der Waals surface area contributed by atoms with E-state index in [-0.39, 0.29) is 11.8 Å². The van der Waals surface area contributed by atoms with Gasteiger partial charge in [0.1, 0.15) is 5.69 Å². The van der Waals surface area contributed by atoms with Crippen LogP contribution in [0.25, 0.3) is 11.1 Å². The summed E-state index contributed by atoms with van der Waals surface area (Å²) in [4.78, 5) is 24.7. The number of anilines is 1. The Labute approximate surface area is 168 Å². The summed E-state index contributed by atoms with van der Waals surface area (Å²) in [5.74, 6) is -0.409. The van der Waals surface area contributed by atoms with Crippen molar-refractivity contribution in [3.63, 3.8) is 0 Å². The minimum Gasteiger partial charge on any atom is -0.463 e. The van der Waals surface area contributed by atoms with Crippen LogP contribution in [0.3, 0.4) is 0 Å². The van der Waals surface area contributed by atoms with Crippen LogP contribution in [0.5, 0.6) is 0 Å². The smallest absolute Gasteiger partial charge is 0.272 e. The average molecular weight is 387 g/mol.